The summed E-state index contributed by atoms with van der Waals surface area (Å²) in [6, 6.07) is 0. The highest BCUT2D eigenvalue weighted by Gasteiger charge is 2.44. The Labute approximate surface area is 129 Å². The summed E-state index contributed by atoms with van der Waals surface area (Å²) in [7, 11) is 0. The number of thioether (sulfide) groups is 1. The highest BCUT2D eigenvalue weighted by atomic mass is 32.2. The van der Waals surface area contributed by atoms with Crippen molar-refractivity contribution in [3.63, 3.8) is 0 Å². The minimum Gasteiger partial charge on any atom is -0.377 e. The lowest BCUT2D eigenvalue weighted by molar-refractivity contribution is -0.0409. The molecule has 3 nitrogen and oxygen atoms in total. The summed E-state index contributed by atoms with van der Waals surface area (Å²) in [4.78, 5) is 2.66. The van der Waals surface area contributed by atoms with Gasteiger partial charge in [0.25, 0.3) is 0 Å². The molecule has 20 heavy (non-hydrogen) atoms. The van der Waals surface area contributed by atoms with Crippen LogP contribution in [0.25, 0.3) is 0 Å². The molecule has 0 spiro atoms. The Balaban J connectivity index is 2.02. The Morgan fingerprint density at radius 3 is 2.80 bits per heavy atom. The van der Waals surface area contributed by atoms with Crippen molar-refractivity contribution in [1.82, 2.24) is 4.90 Å². The Bertz CT molecular complexity index is 311. The largest absolute Gasteiger partial charge is 0.377 e. The standard InChI is InChI=1S/C16H32N2OS/c1-4-8-19-14-6-5-7-18(9-14)16(11-17)10-15(2,3)12-20-13-16/h14H,4-13,17H2,1-3H3. The minimum atomic E-state index is 0.195. The fourth-order valence-electron chi connectivity index (χ4n) is 3.76. The summed E-state index contributed by atoms with van der Waals surface area (Å²) in [6.45, 7) is 10.9. The lowest BCUT2D eigenvalue weighted by atomic mass is 9.78. The number of hydrogen-bond acceptors (Lipinski definition) is 4. The van der Waals surface area contributed by atoms with Crippen molar-refractivity contribution in [3.05, 3.63) is 0 Å². The lowest BCUT2D eigenvalue weighted by Crippen LogP contribution is -2.62. The van der Waals surface area contributed by atoms with Crippen molar-refractivity contribution in [1.29, 1.82) is 0 Å². The van der Waals surface area contributed by atoms with E-state index >= 15 is 0 Å². The van der Waals surface area contributed by atoms with E-state index in [4.69, 9.17) is 10.5 Å². The predicted molar refractivity (Wildman–Crippen MR) is 88.3 cm³/mol. The van der Waals surface area contributed by atoms with Crippen molar-refractivity contribution in [2.24, 2.45) is 11.1 Å². The van der Waals surface area contributed by atoms with Crippen LogP contribution >= 0.6 is 11.8 Å². The molecule has 118 valence electrons. The zero-order valence-electron chi connectivity index (χ0n) is 13.5. The van der Waals surface area contributed by atoms with Gasteiger partial charge >= 0.3 is 0 Å². The second-order valence-electron chi connectivity index (χ2n) is 7.34. The number of likely N-dealkylation sites (tertiary alicyclic amines) is 1. The summed E-state index contributed by atoms with van der Waals surface area (Å²) >= 11 is 2.08. The molecule has 2 saturated heterocycles. The van der Waals surface area contributed by atoms with Crippen LogP contribution in [0, 0.1) is 5.41 Å². The Morgan fingerprint density at radius 2 is 2.15 bits per heavy atom. The highest BCUT2D eigenvalue weighted by Crippen LogP contribution is 2.42. The van der Waals surface area contributed by atoms with Gasteiger partial charge in [0.15, 0.2) is 0 Å². The Hall–Kier alpha value is 0.230. The van der Waals surface area contributed by atoms with Gasteiger partial charge in [0.05, 0.1) is 6.10 Å². The smallest absolute Gasteiger partial charge is 0.0702 e. The van der Waals surface area contributed by atoms with E-state index in [0.29, 0.717) is 11.5 Å². The fourth-order valence-corrected chi connectivity index (χ4v) is 5.30. The Kier molecular flexibility index (Phi) is 5.80. The first-order valence-corrected chi connectivity index (χ1v) is 9.31. The zero-order valence-corrected chi connectivity index (χ0v) is 14.3. The van der Waals surface area contributed by atoms with Crippen LogP contribution in [0.5, 0.6) is 0 Å². The van der Waals surface area contributed by atoms with E-state index in [2.05, 4.69) is 37.4 Å². The van der Waals surface area contributed by atoms with Gasteiger partial charge in [0, 0.05) is 31.0 Å². The van der Waals surface area contributed by atoms with Crippen LogP contribution in [0.1, 0.15) is 46.5 Å². The molecule has 0 radical (unpaired) electrons. The minimum absolute atomic E-state index is 0.195. The van der Waals surface area contributed by atoms with Gasteiger partial charge in [-0.1, -0.05) is 20.8 Å². The van der Waals surface area contributed by atoms with Crippen molar-refractivity contribution in [2.45, 2.75) is 58.1 Å². The molecule has 2 fully saturated rings. The average Bonchev–Trinajstić information content (AvgIpc) is 2.44. The molecule has 2 heterocycles. The van der Waals surface area contributed by atoms with Crippen LogP contribution in [0.4, 0.5) is 0 Å². The lowest BCUT2D eigenvalue weighted by Gasteiger charge is -2.52. The third-order valence-corrected chi connectivity index (χ3v) is 6.38. The molecule has 0 aromatic heterocycles. The van der Waals surface area contributed by atoms with Crippen molar-refractivity contribution >= 4 is 11.8 Å². The molecule has 0 aromatic carbocycles. The van der Waals surface area contributed by atoms with Crippen molar-refractivity contribution in [2.75, 3.05) is 37.7 Å². The number of nitrogens with two attached hydrogens (primary N) is 1. The van der Waals surface area contributed by atoms with E-state index in [1.54, 1.807) is 0 Å². The maximum atomic E-state index is 6.24. The van der Waals surface area contributed by atoms with E-state index in [-0.39, 0.29) is 5.54 Å². The second-order valence-corrected chi connectivity index (χ2v) is 8.33. The molecule has 0 aliphatic carbocycles. The molecule has 0 aromatic rings. The van der Waals surface area contributed by atoms with Crippen LogP contribution in [-0.4, -0.2) is 54.3 Å². The van der Waals surface area contributed by atoms with Gasteiger partial charge in [-0.25, -0.2) is 0 Å². The predicted octanol–water partition coefficient (Wildman–Crippen LogP) is 2.74. The highest BCUT2D eigenvalue weighted by molar-refractivity contribution is 7.99. The van der Waals surface area contributed by atoms with Crippen LogP contribution < -0.4 is 5.73 Å². The third kappa shape index (κ3) is 3.90. The SMILES string of the molecule is CCCOC1CCCN(C2(CN)CSCC(C)(C)C2)C1. The normalized spacial score (nSPS) is 35.1. The monoisotopic (exact) mass is 300 g/mol. The molecule has 0 saturated carbocycles. The van der Waals surface area contributed by atoms with Gasteiger partial charge < -0.3 is 10.5 Å². The first-order valence-electron chi connectivity index (χ1n) is 8.16. The average molecular weight is 301 g/mol. The summed E-state index contributed by atoms with van der Waals surface area (Å²) < 4.78 is 6.01. The first-order chi connectivity index (χ1) is 9.51. The van der Waals surface area contributed by atoms with Crippen molar-refractivity contribution < 1.29 is 4.74 Å². The maximum absolute atomic E-state index is 6.24. The summed E-state index contributed by atoms with van der Waals surface area (Å²) in [6.07, 6.45) is 5.22. The molecule has 4 heteroatoms. The molecule has 2 N–H and O–H groups in total. The number of nitrogens with zero attached hydrogens (tertiary/aromatic N) is 1. The molecule has 2 aliphatic heterocycles. The number of hydrogen-bond donors (Lipinski definition) is 1. The number of rotatable bonds is 5. The van der Waals surface area contributed by atoms with E-state index in [0.717, 1.165) is 26.1 Å². The second kappa shape index (κ2) is 6.99. The van der Waals surface area contributed by atoms with Gasteiger partial charge in [-0.15, -0.1) is 0 Å². The summed E-state index contributed by atoms with van der Waals surface area (Å²) in [5.74, 6) is 2.45. The molecule has 0 amide bonds. The van der Waals surface area contributed by atoms with Crippen molar-refractivity contribution in [3.8, 4) is 0 Å². The molecule has 0 bridgehead atoms. The van der Waals surface area contributed by atoms with E-state index in [1.807, 2.05) is 0 Å². The zero-order chi connectivity index (χ0) is 14.6. The molecule has 2 atom stereocenters. The van der Waals surface area contributed by atoms with Gasteiger partial charge in [-0.2, -0.15) is 11.8 Å². The van der Waals surface area contributed by atoms with Crippen LogP contribution in [0.3, 0.4) is 0 Å². The van der Waals surface area contributed by atoms with E-state index in [9.17, 15) is 0 Å². The van der Waals surface area contributed by atoms with E-state index < -0.39 is 0 Å². The quantitative estimate of drug-likeness (QED) is 0.847. The molecular weight excluding hydrogens is 268 g/mol. The van der Waals surface area contributed by atoms with Crippen LogP contribution in [-0.2, 0) is 4.74 Å². The Morgan fingerprint density at radius 1 is 1.35 bits per heavy atom. The van der Waals surface area contributed by atoms with Crippen LogP contribution in [0.15, 0.2) is 0 Å². The number of piperidine rings is 1. The van der Waals surface area contributed by atoms with Gasteiger partial charge in [-0.3, -0.25) is 4.90 Å². The molecule has 2 aliphatic rings. The molecule has 2 rings (SSSR count). The molecule has 2 unspecified atom stereocenters. The van der Waals surface area contributed by atoms with Gasteiger partial charge in [-0.05, 0) is 43.4 Å². The molecular formula is C16H32N2OS. The van der Waals surface area contributed by atoms with Crippen LogP contribution in [0.2, 0.25) is 0 Å². The number of ether oxygens (including phenoxy) is 1. The fraction of sp³-hybridized carbons (Fsp3) is 1.00. The van der Waals surface area contributed by atoms with E-state index in [1.165, 1.54) is 37.3 Å². The maximum Gasteiger partial charge on any atom is 0.0702 e. The first kappa shape index (κ1) is 16.6. The topological polar surface area (TPSA) is 38.5 Å². The summed E-state index contributed by atoms with van der Waals surface area (Å²) in [5, 5.41) is 0. The summed E-state index contributed by atoms with van der Waals surface area (Å²) in [5.41, 5.74) is 6.84. The van der Waals surface area contributed by atoms with Gasteiger partial charge in [0.1, 0.15) is 0 Å². The third-order valence-electron chi connectivity index (χ3n) is 4.66. The van der Waals surface area contributed by atoms with Gasteiger partial charge in [0.2, 0.25) is 0 Å².